The van der Waals surface area contributed by atoms with E-state index in [-0.39, 0.29) is 11.5 Å². The van der Waals surface area contributed by atoms with Crippen LogP contribution in [0.1, 0.15) is 24.5 Å². The molecular formula is C14H15FN2O2. The van der Waals surface area contributed by atoms with E-state index in [0.29, 0.717) is 18.7 Å². The van der Waals surface area contributed by atoms with Crippen molar-refractivity contribution >= 4 is 5.97 Å². The molecule has 1 N–H and O–H groups in total. The lowest BCUT2D eigenvalue weighted by Crippen LogP contribution is -2.38. The molecule has 0 spiro atoms. The standard InChI is InChI=1S/C14H15FN2O2/c1-9-4-5-17(13(9)14(18)19)8-10-2-3-12(15)6-11(10)7-16/h2-3,6,9,13H,4-5,8H2,1H3,(H,18,19). The molecule has 1 aliphatic rings. The molecule has 1 aromatic rings. The van der Waals surface area contributed by atoms with Gasteiger partial charge in [-0.05, 0) is 36.6 Å². The van der Waals surface area contributed by atoms with E-state index in [4.69, 9.17) is 5.26 Å². The Labute approximate surface area is 111 Å². The molecule has 1 fully saturated rings. The molecule has 0 radical (unpaired) electrons. The van der Waals surface area contributed by atoms with Gasteiger partial charge >= 0.3 is 5.97 Å². The van der Waals surface area contributed by atoms with Gasteiger partial charge < -0.3 is 5.11 Å². The largest absolute Gasteiger partial charge is 0.480 e. The number of halogens is 1. The Balaban J connectivity index is 2.22. The predicted molar refractivity (Wildman–Crippen MR) is 66.7 cm³/mol. The number of benzene rings is 1. The monoisotopic (exact) mass is 262 g/mol. The lowest BCUT2D eigenvalue weighted by molar-refractivity contribution is -0.143. The van der Waals surface area contributed by atoms with Gasteiger partial charge in [-0.2, -0.15) is 5.26 Å². The number of hydrogen-bond acceptors (Lipinski definition) is 3. The quantitative estimate of drug-likeness (QED) is 0.904. The molecule has 0 bridgehead atoms. The number of aliphatic carboxylic acids is 1. The summed E-state index contributed by atoms with van der Waals surface area (Å²) in [6, 6.07) is 5.45. The molecule has 0 aliphatic carbocycles. The SMILES string of the molecule is CC1CCN(Cc2ccc(F)cc2C#N)C1C(=O)O. The van der Waals surface area contributed by atoms with Gasteiger partial charge in [0.1, 0.15) is 11.9 Å². The molecule has 2 atom stereocenters. The van der Waals surface area contributed by atoms with Gasteiger partial charge in [-0.15, -0.1) is 0 Å². The number of nitrogens with zero attached hydrogens (tertiary/aromatic N) is 2. The minimum atomic E-state index is -0.842. The van der Waals surface area contributed by atoms with Crippen LogP contribution >= 0.6 is 0 Å². The Hall–Kier alpha value is -1.93. The summed E-state index contributed by atoms with van der Waals surface area (Å²) in [5.41, 5.74) is 0.938. The van der Waals surface area contributed by atoms with E-state index in [0.717, 1.165) is 6.42 Å². The summed E-state index contributed by atoms with van der Waals surface area (Å²) in [7, 11) is 0. The number of likely N-dealkylation sites (tertiary alicyclic amines) is 1. The third-order valence-corrected chi connectivity index (χ3v) is 3.62. The zero-order valence-corrected chi connectivity index (χ0v) is 10.6. The van der Waals surface area contributed by atoms with Gasteiger partial charge in [0.2, 0.25) is 0 Å². The van der Waals surface area contributed by atoms with E-state index >= 15 is 0 Å². The van der Waals surface area contributed by atoms with Crippen LogP contribution in [0.5, 0.6) is 0 Å². The first kappa shape index (κ1) is 13.5. The molecule has 4 nitrogen and oxygen atoms in total. The van der Waals surface area contributed by atoms with E-state index in [2.05, 4.69) is 0 Å². The fourth-order valence-electron chi connectivity index (χ4n) is 2.61. The van der Waals surface area contributed by atoms with Crippen LogP contribution in [0.2, 0.25) is 0 Å². The number of nitriles is 1. The second kappa shape index (κ2) is 5.37. The van der Waals surface area contributed by atoms with Crippen LogP contribution in [0, 0.1) is 23.1 Å². The molecule has 0 amide bonds. The summed E-state index contributed by atoms with van der Waals surface area (Å²) in [5.74, 6) is -1.21. The molecule has 1 saturated heterocycles. The third kappa shape index (κ3) is 2.74. The highest BCUT2D eigenvalue weighted by Gasteiger charge is 2.36. The van der Waals surface area contributed by atoms with E-state index in [1.807, 2.05) is 17.9 Å². The Morgan fingerprint density at radius 2 is 2.37 bits per heavy atom. The highest BCUT2D eigenvalue weighted by atomic mass is 19.1. The van der Waals surface area contributed by atoms with Gasteiger partial charge in [-0.25, -0.2) is 4.39 Å². The van der Waals surface area contributed by atoms with Crippen LogP contribution in [-0.2, 0) is 11.3 Å². The summed E-state index contributed by atoms with van der Waals surface area (Å²) in [6.07, 6.45) is 0.819. The highest BCUT2D eigenvalue weighted by molar-refractivity contribution is 5.74. The number of carbonyl (C=O) groups is 1. The van der Waals surface area contributed by atoms with Gasteiger partial charge in [0, 0.05) is 6.54 Å². The van der Waals surface area contributed by atoms with Crippen molar-refractivity contribution in [2.45, 2.75) is 25.9 Å². The van der Waals surface area contributed by atoms with E-state index in [1.165, 1.54) is 12.1 Å². The van der Waals surface area contributed by atoms with Crippen LogP contribution in [0.4, 0.5) is 4.39 Å². The van der Waals surface area contributed by atoms with Crippen LogP contribution in [0.25, 0.3) is 0 Å². The van der Waals surface area contributed by atoms with Crippen LogP contribution in [0.15, 0.2) is 18.2 Å². The molecule has 0 aromatic heterocycles. The molecule has 1 aliphatic heterocycles. The summed E-state index contributed by atoms with van der Waals surface area (Å²) < 4.78 is 13.1. The number of carboxylic acid groups (broad SMARTS) is 1. The molecule has 19 heavy (non-hydrogen) atoms. The van der Waals surface area contributed by atoms with E-state index < -0.39 is 17.8 Å². The third-order valence-electron chi connectivity index (χ3n) is 3.62. The first-order valence-electron chi connectivity index (χ1n) is 6.18. The molecule has 0 saturated carbocycles. The van der Waals surface area contributed by atoms with Crippen molar-refractivity contribution in [2.75, 3.05) is 6.54 Å². The normalized spacial score (nSPS) is 23.2. The first-order chi connectivity index (χ1) is 9.02. The minimum absolute atomic E-state index is 0.0866. The van der Waals surface area contributed by atoms with Crippen LogP contribution in [0.3, 0.4) is 0 Å². The highest BCUT2D eigenvalue weighted by Crippen LogP contribution is 2.26. The number of hydrogen-bond donors (Lipinski definition) is 1. The zero-order chi connectivity index (χ0) is 14.0. The molecule has 100 valence electrons. The lowest BCUT2D eigenvalue weighted by atomic mass is 10.0. The van der Waals surface area contributed by atoms with Crippen molar-refractivity contribution in [3.05, 3.63) is 35.1 Å². The molecule has 2 rings (SSSR count). The molecule has 1 heterocycles. The van der Waals surface area contributed by atoms with Gasteiger partial charge in [0.15, 0.2) is 0 Å². The average molecular weight is 262 g/mol. The van der Waals surface area contributed by atoms with E-state index in [9.17, 15) is 14.3 Å². The van der Waals surface area contributed by atoms with Crippen molar-refractivity contribution in [1.82, 2.24) is 4.90 Å². The fraction of sp³-hybridized carbons (Fsp3) is 0.429. The van der Waals surface area contributed by atoms with Crippen molar-refractivity contribution < 1.29 is 14.3 Å². The van der Waals surface area contributed by atoms with E-state index in [1.54, 1.807) is 6.07 Å². The van der Waals surface area contributed by atoms with Crippen molar-refractivity contribution in [3.8, 4) is 6.07 Å². The molecular weight excluding hydrogens is 247 g/mol. The zero-order valence-electron chi connectivity index (χ0n) is 10.6. The predicted octanol–water partition coefficient (Wildman–Crippen LogP) is 1.99. The van der Waals surface area contributed by atoms with Crippen molar-refractivity contribution in [1.29, 1.82) is 5.26 Å². The first-order valence-corrected chi connectivity index (χ1v) is 6.18. The molecule has 5 heteroatoms. The van der Waals surface area contributed by atoms with Crippen molar-refractivity contribution in [2.24, 2.45) is 5.92 Å². The maximum Gasteiger partial charge on any atom is 0.321 e. The summed E-state index contributed by atoms with van der Waals surface area (Å²) in [4.78, 5) is 13.1. The second-order valence-electron chi connectivity index (χ2n) is 4.93. The fourth-order valence-corrected chi connectivity index (χ4v) is 2.61. The smallest absolute Gasteiger partial charge is 0.321 e. The maximum atomic E-state index is 13.1. The Kier molecular flexibility index (Phi) is 3.82. The topological polar surface area (TPSA) is 64.3 Å². The summed E-state index contributed by atoms with van der Waals surface area (Å²) in [5, 5.41) is 18.2. The van der Waals surface area contributed by atoms with Crippen molar-refractivity contribution in [3.63, 3.8) is 0 Å². The Morgan fingerprint density at radius 3 is 3.00 bits per heavy atom. The molecule has 2 unspecified atom stereocenters. The lowest BCUT2D eigenvalue weighted by Gasteiger charge is -2.23. The average Bonchev–Trinajstić information content (AvgIpc) is 2.72. The summed E-state index contributed by atoms with van der Waals surface area (Å²) in [6.45, 7) is 2.96. The van der Waals surface area contributed by atoms with Gasteiger partial charge in [0.25, 0.3) is 0 Å². The number of carboxylic acids is 1. The van der Waals surface area contributed by atoms with Crippen LogP contribution < -0.4 is 0 Å². The Bertz CT molecular complexity index is 539. The minimum Gasteiger partial charge on any atom is -0.480 e. The molecule has 1 aromatic carbocycles. The summed E-state index contributed by atoms with van der Waals surface area (Å²) >= 11 is 0. The Morgan fingerprint density at radius 1 is 1.63 bits per heavy atom. The van der Waals surface area contributed by atoms with Crippen LogP contribution in [-0.4, -0.2) is 28.6 Å². The van der Waals surface area contributed by atoms with Gasteiger partial charge in [-0.3, -0.25) is 9.69 Å². The van der Waals surface area contributed by atoms with Gasteiger partial charge in [0.05, 0.1) is 11.6 Å². The second-order valence-corrected chi connectivity index (χ2v) is 4.93. The van der Waals surface area contributed by atoms with Gasteiger partial charge in [-0.1, -0.05) is 13.0 Å². The number of rotatable bonds is 3. The maximum absolute atomic E-state index is 13.1.